The summed E-state index contributed by atoms with van der Waals surface area (Å²) < 4.78 is 5.04. The molecule has 2 rings (SSSR count). The van der Waals surface area contributed by atoms with Crippen LogP contribution in [0.5, 0.6) is 0 Å². The van der Waals surface area contributed by atoms with E-state index in [1.54, 1.807) is 0 Å². The molecular weight excluding hydrogens is 204 g/mol. The number of nitrogen functional groups attached to an aromatic ring is 1. The smallest absolute Gasteiger partial charge is 0.317 e. The minimum atomic E-state index is 0.0782. The first-order valence-electron chi connectivity index (χ1n) is 5.13. The van der Waals surface area contributed by atoms with Crippen LogP contribution >= 0.6 is 0 Å². The maximum Gasteiger partial charge on any atom is 0.317 e. The Labute approximate surface area is 93.7 Å². The van der Waals surface area contributed by atoms with Crippen molar-refractivity contribution in [2.75, 3.05) is 11.1 Å². The van der Waals surface area contributed by atoms with Crippen LogP contribution in [0.25, 0.3) is 0 Å². The van der Waals surface area contributed by atoms with Crippen molar-refractivity contribution >= 4 is 12.0 Å². The molecule has 1 atom stereocenters. The van der Waals surface area contributed by atoms with Crippen LogP contribution in [0.15, 0.2) is 34.7 Å². The van der Waals surface area contributed by atoms with E-state index >= 15 is 0 Å². The Morgan fingerprint density at radius 2 is 2.06 bits per heavy atom. The maximum atomic E-state index is 5.33. The van der Waals surface area contributed by atoms with Crippen LogP contribution < -0.4 is 11.1 Å². The minimum absolute atomic E-state index is 0.0782. The summed E-state index contributed by atoms with van der Waals surface area (Å²) in [4.78, 5) is 0. The number of nitrogens with zero attached hydrogens (tertiary/aromatic N) is 2. The van der Waals surface area contributed by atoms with E-state index in [4.69, 9.17) is 10.2 Å². The Balaban J connectivity index is 1.92. The standard InChI is InChI=1S/C11H14N4O/c1-8(7-9-5-3-2-4-6-9)13-11-15-14-10(12)16-11/h2-6,8H,7H2,1H3,(H2,12,14)(H,13,15). The number of hydrogen-bond acceptors (Lipinski definition) is 5. The van der Waals surface area contributed by atoms with Gasteiger partial charge >= 0.3 is 12.0 Å². The van der Waals surface area contributed by atoms with E-state index in [9.17, 15) is 0 Å². The van der Waals surface area contributed by atoms with Crippen molar-refractivity contribution in [1.82, 2.24) is 10.2 Å². The van der Waals surface area contributed by atoms with Gasteiger partial charge in [0.25, 0.3) is 0 Å². The number of nitrogens with one attached hydrogen (secondary N) is 1. The van der Waals surface area contributed by atoms with Crippen LogP contribution in [-0.4, -0.2) is 16.2 Å². The Morgan fingerprint density at radius 1 is 1.31 bits per heavy atom. The van der Waals surface area contributed by atoms with Gasteiger partial charge in [-0.1, -0.05) is 40.5 Å². The third kappa shape index (κ3) is 2.73. The first-order valence-corrected chi connectivity index (χ1v) is 5.13. The first kappa shape index (κ1) is 10.5. The van der Waals surface area contributed by atoms with E-state index in [0.29, 0.717) is 6.01 Å². The number of benzene rings is 1. The number of hydrogen-bond donors (Lipinski definition) is 2. The van der Waals surface area contributed by atoms with Gasteiger partial charge < -0.3 is 15.5 Å². The van der Waals surface area contributed by atoms with E-state index in [1.165, 1.54) is 5.56 Å². The second kappa shape index (κ2) is 4.65. The van der Waals surface area contributed by atoms with Gasteiger partial charge in [-0.25, -0.2) is 0 Å². The van der Waals surface area contributed by atoms with Crippen molar-refractivity contribution in [3.05, 3.63) is 35.9 Å². The highest BCUT2D eigenvalue weighted by Gasteiger charge is 2.07. The predicted molar refractivity (Wildman–Crippen MR) is 61.9 cm³/mol. The molecule has 1 aromatic carbocycles. The predicted octanol–water partition coefficient (Wildman–Crippen LogP) is 1.69. The van der Waals surface area contributed by atoms with Crippen molar-refractivity contribution in [3.63, 3.8) is 0 Å². The van der Waals surface area contributed by atoms with Gasteiger partial charge in [0.1, 0.15) is 0 Å². The molecule has 0 aliphatic carbocycles. The molecule has 0 aliphatic heterocycles. The quantitative estimate of drug-likeness (QED) is 0.816. The lowest BCUT2D eigenvalue weighted by Crippen LogP contribution is -2.18. The Kier molecular flexibility index (Phi) is 3.05. The van der Waals surface area contributed by atoms with Crippen LogP contribution in [0.4, 0.5) is 12.0 Å². The van der Waals surface area contributed by atoms with Crippen LogP contribution in [0.2, 0.25) is 0 Å². The molecule has 0 saturated carbocycles. The summed E-state index contributed by atoms with van der Waals surface area (Å²) in [5.41, 5.74) is 6.59. The van der Waals surface area contributed by atoms with Gasteiger partial charge in [-0.05, 0) is 18.9 Å². The van der Waals surface area contributed by atoms with Crippen LogP contribution in [-0.2, 0) is 6.42 Å². The van der Waals surface area contributed by atoms with E-state index < -0.39 is 0 Å². The molecule has 3 N–H and O–H groups in total. The zero-order chi connectivity index (χ0) is 11.4. The summed E-state index contributed by atoms with van der Waals surface area (Å²) in [7, 11) is 0. The average molecular weight is 218 g/mol. The molecule has 0 fully saturated rings. The van der Waals surface area contributed by atoms with Crippen LogP contribution in [0.3, 0.4) is 0 Å². The van der Waals surface area contributed by atoms with Gasteiger partial charge in [0.15, 0.2) is 0 Å². The molecule has 1 heterocycles. The third-order valence-electron chi connectivity index (χ3n) is 2.20. The molecule has 5 nitrogen and oxygen atoms in total. The first-order chi connectivity index (χ1) is 7.74. The normalized spacial score (nSPS) is 12.3. The van der Waals surface area contributed by atoms with Gasteiger partial charge in [-0.3, -0.25) is 0 Å². The Hall–Kier alpha value is -2.04. The molecule has 1 aromatic heterocycles. The summed E-state index contributed by atoms with van der Waals surface area (Å²) in [5, 5.41) is 10.4. The van der Waals surface area contributed by atoms with Crippen molar-refractivity contribution in [2.24, 2.45) is 0 Å². The zero-order valence-corrected chi connectivity index (χ0v) is 9.05. The molecule has 2 aromatic rings. The molecule has 84 valence electrons. The molecule has 0 spiro atoms. The highest BCUT2D eigenvalue weighted by molar-refractivity contribution is 5.25. The highest BCUT2D eigenvalue weighted by Crippen LogP contribution is 2.10. The molecule has 0 aliphatic rings. The van der Waals surface area contributed by atoms with Gasteiger partial charge in [0.05, 0.1) is 0 Å². The van der Waals surface area contributed by atoms with Gasteiger partial charge in [-0.2, -0.15) is 0 Å². The fraction of sp³-hybridized carbons (Fsp3) is 0.273. The summed E-state index contributed by atoms with van der Waals surface area (Å²) in [5.74, 6) is 0. The highest BCUT2D eigenvalue weighted by atomic mass is 16.4. The molecule has 16 heavy (non-hydrogen) atoms. The van der Waals surface area contributed by atoms with E-state index in [-0.39, 0.29) is 12.1 Å². The Bertz CT molecular complexity index is 440. The van der Waals surface area contributed by atoms with Crippen molar-refractivity contribution in [1.29, 1.82) is 0 Å². The fourth-order valence-electron chi connectivity index (χ4n) is 1.52. The van der Waals surface area contributed by atoms with E-state index in [0.717, 1.165) is 6.42 Å². The van der Waals surface area contributed by atoms with Crippen molar-refractivity contribution in [2.45, 2.75) is 19.4 Å². The lowest BCUT2D eigenvalue weighted by Gasteiger charge is -2.11. The molecule has 5 heteroatoms. The van der Waals surface area contributed by atoms with E-state index in [2.05, 4.69) is 27.6 Å². The number of nitrogens with two attached hydrogens (primary N) is 1. The molecule has 0 saturated heterocycles. The Morgan fingerprint density at radius 3 is 2.69 bits per heavy atom. The summed E-state index contributed by atoms with van der Waals surface area (Å²) in [6.07, 6.45) is 0.892. The monoisotopic (exact) mass is 218 g/mol. The summed E-state index contributed by atoms with van der Waals surface area (Å²) in [6, 6.07) is 10.9. The number of rotatable bonds is 4. The van der Waals surface area contributed by atoms with Crippen LogP contribution in [0, 0.1) is 0 Å². The van der Waals surface area contributed by atoms with Gasteiger partial charge in [0.2, 0.25) is 0 Å². The SMILES string of the molecule is CC(Cc1ccccc1)Nc1nnc(N)o1. The topological polar surface area (TPSA) is 77.0 Å². The minimum Gasteiger partial charge on any atom is -0.390 e. The zero-order valence-electron chi connectivity index (χ0n) is 9.05. The van der Waals surface area contributed by atoms with Crippen LogP contribution in [0.1, 0.15) is 12.5 Å². The molecule has 0 bridgehead atoms. The maximum absolute atomic E-state index is 5.33. The molecule has 0 radical (unpaired) electrons. The molecule has 1 unspecified atom stereocenters. The lowest BCUT2D eigenvalue weighted by atomic mass is 10.1. The average Bonchev–Trinajstić information content (AvgIpc) is 2.65. The number of aromatic nitrogens is 2. The third-order valence-corrected chi connectivity index (χ3v) is 2.20. The molecular formula is C11H14N4O. The summed E-state index contributed by atoms with van der Waals surface area (Å²) in [6.45, 7) is 2.05. The van der Waals surface area contributed by atoms with E-state index in [1.807, 2.05) is 25.1 Å². The van der Waals surface area contributed by atoms with Crippen molar-refractivity contribution < 1.29 is 4.42 Å². The van der Waals surface area contributed by atoms with Gasteiger partial charge in [-0.15, -0.1) is 0 Å². The summed E-state index contributed by atoms with van der Waals surface area (Å²) >= 11 is 0. The largest absolute Gasteiger partial charge is 0.390 e. The number of anilines is 2. The second-order valence-corrected chi connectivity index (χ2v) is 3.68. The molecule has 0 amide bonds. The van der Waals surface area contributed by atoms with Gasteiger partial charge in [0, 0.05) is 6.04 Å². The fourth-order valence-corrected chi connectivity index (χ4v) is 1.52. The lowest BCUT2D eigenvalue weighted by molar-refractivity contribution is 0.574. The second-order valence-electron chi connectivity index (χ2n) is 3.68. The van der Waals surface area contributed by atoms with Crippen molar-refractivity contribution in [3.8, 4) is 0 Å².